The van der Waals surface area contributed by atoms with E-state index in [1.54, 1.807) is 13.3 Å². The number of H-pyrrole nitrogens is 1. The monoisotopic (exact) mass is 388 g/mol. The molecule has 4 rings (SSSR count). The van der Waals surface area contributed by atoms with Gasteiger partial charge in [0.1, 0.15) is 5.75 Å². The number of hydrazone groups is 1. The van der Waals surface area contributed by atoms with E-state index in [1.165, 1.54) is 16.5 Å². The number of hydrogen-bond acceptors (Lipinski definition) is 3. The second kappa shape index (κ2) is 8.22. The molecule has 0 aliphatic rings. The number of ether oxygens (including phenoxy) is 1. The summed E-state index contributed by atoms with van der Waals surface area (Å²) >= 11 is 0. The molecule has 0 saturated carbocycles. The topological polar surface area (TPSA) is 71.4 Å². The van der Waals surface area contributed by atoms with Gasteiger partial charge in [0.05, 0.1) is 13.3 Å². The van der Waals surface area contributed by atoms with Crippen LogP contribution in [0.15, 0.2) is 60.0 Å². The molecule has 0 saturated heterocycles. The number of methoxy groups -OCH3 is 1. The van der Waals surface area contributed by atoms with Crippen LogP contribution in [-0.2, 0) is 18.3 Å². The summed E-state index contributed by atoms with van der Waals surface area (Å²) in [4.78, 5) is 15.3. The number of hydrogen-bond donors (Lipinski definition) is 2. The van der Waals surface area contributed by atoms with E-state index in [-0.39, 0.29) is 5.91 Å². The van der Waals surface area contributed by atoms with Gasteiger partial charge in [-0.2, -0.15) is 5.10 Å². The number of carbonyl (C=O) groups excluding carboxylic acids is 1. The molecule has 6 heteroatoms. The predicted octanol–water partition coefficient (Wildman–Crippen LogP) is 4.14. The van der Waals surface area contributed by atoms with E-state index in [1.807, 2.05) is 43.6 Å². The third-order valence-electron chi connectivity index (χ3n) is 5.14. The van der Waals surface area contributed by atoms with Crippen LogP contribution in [0.4, 0.5) is 0 Å². The molecule has 2 N–H and O–H groups in total. The number of aromatic nitrogens is 2. The van der Waals surface area contributed by atoms with Gasteiger partial charge < -0.3 is 14.3 Å². The summed E-state index contributed by atoms with van der Waals surface area (Å²) in [7, 11) is 3.69. The van der Waals surface area contributed by atoms with Gasteiger partial charge in [-0.1, -0.05) is 18.2 Å². The Balaban J connectivity index is 1.32. The van der Waals surface area contributed by atoms with Crippen LogP contribution in [-0.4, -0.2) is 28.8 Å². The van der Waals surface area contributed by atoms with Gasteiger partial charge in [-0.05, 0) is 42.7 Å². The second-order valence-electron chi connectivity index (χ2n) is 7.08. The van der Waals surface area contributed by atoms with E-state index in [4.69, 9.17) is 4.74 Å². The summed E-state index contributed by atoms with van der Waals surface area (Å²) in [5.74, 6) is 0.697. The first-order valence-electron chi connectivity index (χ1n) is 9.65. The lowest BCUT2D eigenvalue weighted by molar-refractivity contribution is -0.121. The van der Waals surface area contributed by atoms with Crippen molar-refractivity contribution in [2.24, 2.45) is 12.1 Å². The quantitative estimate of drug-likeness (QED) is 0.369. The first-order valence-corrected chi connectivity index (χ1v) is 9.65. The number of carbonyl (C=O) groups is 1. The molecule has 0 radical (unpaired) electrons. The molecular formula is C23H24N4O2. The third kappa shape index (κ3) is 4.01. The molecule has 2 heterocycles. The highest BCUT2D eigenvalue weighted by molar-refractivity contribution is 5.99. The fourth-order valence-corrected chi connectivity index (χ4v) is 3.65. The lowest BCUT2D eigenvalue weighted by Gasteiger charge is -2.01. The van der Waals surface area contributed by atoms with Crippen molar-refractivity contribution in [2.75, 3.05) is 7.11 Å². The maximum Gasteiger partial charge on any atom is 0.240 e. The van der Waals surface area contributed by atoms with Crippen LogP contribution in [0.3, 0.4) is 0 Å². The lowest BCUT2D eigenvalue weighted by atomic mass is 10.1. The van der Waals surface area contributed by atoms with Crippen molar-refractivity contribution >= 4 is 33.9 Å². The average molecular weight is 388 g/mol. The molecule has 0 aliphatic carbocycles. The van der Waals surface area contributed by atoms with E-state index in [2.05, 4.69) is 38.4 Å². The molecule has 2 aromatic carbocycles. The van der Waals surface area contributed by atoms with Gasteiger partial charge >= 0.3 is 0 Å². The molecule has 0 spiro atoms. The minimum absolute atomic E-state index is 0.0843. The summed E-state index contributed by atoms with van der Waals surface area (Å²) < 4.78 is 7.40. The number of aryl methyl sites for hydroxylation is 2. The zero-order valence-corrected chi connectivity index (χ0v) is 16.6. The predicted molar refractivity (Wildman–Crippen MR) is 116 cm³/mol. The summed E-state index contributed by atoms with van der Waals surface area (Å²) in [6, 6.07) is 14.1. The number of nitrogens with one attached hydrogen (secondary N) is 2. The normalized spacial score (nSPS) is 11.5. The second-order valence-corrected chi connectivity index (χ2v) is 7.08. The Morgan fingerprint density at radius 3 is 2.97 bits per heavy atom. The maximum atomic E-state index is 12.1. The standard InChI is InChI=1S/C23H24N4O2/c1-27-15-16(19-7-3-4-8-22(19)27)6-5-9-23(28)26-25-14-17-13-24-21-11-10-18(29-2)12-20(17)21/h3-4,7-8,10-15,24H,5-6,9H2,1-2H3,(H,26,28)/b25-14-. The number of para-hydroxylation sites is 1. The van der Waals surface area contributed by atoms with Gasteiger partial charge in [-0.25, -0.2) is 5.43 Å². The Labute approximate surface area is 169 Å². The molecule has 0 bridgehead atoms. The Kier molecular flexibility index (Phi) is 5.33. The van der Waals surface area contributed by atoms with Crippen molar-refractivity contribution in [3.05, 3.63) is 66.0 Å². The molecule has 0 fully saturated rings. The highest BCUT2D eigenvalue weighted by Gasteiger charge is 2.07. The van der Waals surface area contributed by atoms with Crippen LogP contribution in [0.25, 0.3) is 21.8 Å². The van der Waals surface area contributed by atoms with Crippen molar-refractivity contribution in [2.45, 2.75) is 19.3 Å². The number of nitrogens with zero attached hydrogens (tertiary/aromatic N) is 2. The SMILES string of the molecule is COc1ccc2[nH]cc(/C=N\NC(=O)CCCc3cn(C)c4ccccc34)c2c1. The molecule has 2 aromatic heterocycles. The number of fused-ring (bicyclic) bond motifs is 2. The molecule has 6 nitrogen and oxygen atoms in total. The van der Waals surface area contributed by atoms with Gasteiger partial charge in [0.2, 0.25) is 5.91 Å². The fourth-order valence-electron chi connectivity index (χ4n) is 3.65. The molecule has 1 amide bonds. The zero-order valence-electron chi connectivity index (χ0n) is 16.6. The Hall–Kier alpha value is -3.54. The van der Waals surface area contributed by atoms with Crippen molar-refractivity contribution in [1.82, 2.24) is 15.0 Å². The lowest BCUT2D eigenvalue weighted by Crippen LogP contribution is -2.17. The van der Waals surface area contributed by atoms with Crippen molar-refractivity contribution in [3.8, 4) is 5.75 Å². The first-order chi connectivity index (χ1) is 14.2. The molecule has 148 valence electrons. The van der Waals surface area contributed by atoms with Crippen molar-refractivity contribution in [3.63, 3.8) is 0 Å². The van der Waals surface area contributed by atoms with E-state index in [0.29, 0.717) is 6.42 Å². The molecule has 29 heavy (non-hydrogen) atoms. The Morgan fingerprint density at radius 1 is 1.24 bits per heavy atom. The largest absolute Gasteiger partial charge is 0.497 e. The van der Waals surface area contributed by atoms with E-state index < -0.39 is 0 Å². The fraction of sp³-hybridized carbons (Fsp3) is 0.217. The van der Waals surface area contributed by atoms with Gasteiger partial charge in [-0.3, -0.25) is 4.79 Å². The third-order valence-corrected chi connectivity index (χ3v) is 5.14. The van der Waals surface area contributed by atoms with Crippen LogP contribution >= 0.6 is 0 Å². The first kappa shape index (κ1) is 18.8. The minimum Gasteiger partial charge on any atom is -0.497 e. The number of amides is 1. The number of rotatable bonds is 7. The summed E-state index contributed by atoms with van der Waals surface area (Å²) in [5, 5.41) is 6.36. The van der Waals surface area contributed by atoms with Gasteiger partial charge in [-0.15, -0.1) is 0 Å². The van der Waals surface area contributed by atoms with Crippen molar-refractivity contribution in [1.29, 1.82) is 0 Å². The highest BCUT2D eigenvalue weighted by atomic mass is 16.5. The summed E-state index contributed by atoms with van der Waals surface area (Å²) in [6.07, 6.45) is 7.73. The molecule has 0 unspecified atom stereocenters. The summed E-state index contributed by atoms with van der Waals surface area (Å²) in [5.41, 5.74) is 7.00. The highest BCUT2D eigenvalue weighted by Crippen LogP contribution is 2.23. The molecule has 4 aromatic rings. The minimum atomic E-state index is -0.0843. The van der Waals surface area contributed by atoms with Crippen LogP contribution in [0.5, 0.6) is 5.75 Å². The van der Waals surface area contributed by atoms with E-state index in [9.17, 15) is 4.79 Å². The average Bonchev–Trinajstić information content (AvgIpc) is 3.29. The number of aromatic amines is 1. The van der Waals surface area contributed by atoms with Crippen molar-refractivity contribution < 1.29 is 9.53 Å². The van der Waals surface area contributed by atoms with E-state index in [0.717, 1.165) is 35.1 Å². The van der Waals surface area contributed by atoms with Crippen LogP contribution in [0.1, 0.15) is 24.0 Å². The van der Waals surface area contributed by atoms with E-state index >= 15 is 0 Å². The van der Waals surface area contributed by atoms with Crippen LogP contribution < -0.4 is 10.2 Å². The van der Waals surface area contributed by atoms with Crippen LogP contribution in [0, 0.1) is 0 Å². The number of benzene rings is 2. The van der Waals surface area contributed by atoms with Gasteiger partial charge in [0.15, 0.2) is 0 Å². The molecular weight excluding hydrogens is 364 g/mol. The summed E-state index contributed by atoms with van der Waals surface area (Å²) in [6.45, 7) is 0. The molecule has 0 aliphatic heterocycles. The van der Waals surface area contributed by atoms with Gasteiger partial charge in [0, 0.05) is 53.2 Å². The Bertz CT molecular complexity index is 1190. The Morgan fingerprint density at radius 2 is 2.10 bits per heavy atom. The van der Waals surface area contributed by atoms with Crippen LogP contribution in [0.2, 0.25) is 0 Å². The molecule has 0 atom stereocenters. The smallest absolute Gasteiger partial charge is 0.240 e. The maximum absolute atomic E-state index is 12.1. The zero-order chi connectivity index (χ0) is 20.2. The van der Waals surface area contributed by atoms with Gasteiger partial charge in [0.25, 0.3) is 0 Å².